The number of carbonyl (C=O) groups is 1. The molecule has 8 heteroatoms. The molecule has 0 aromatic carbocycles. The lowest BCUT2D eigenvalue weighted by Gasteiger charge is -2.31. The summed E-state index contributed by atoms with van der Waals surface area (Å²) in [5.41, 5.74) is 5.88. The summed E-state index contributed by atoms with van der Waals surface area (Å²) in [5.74, 6) is 0.526. The van der Waals surface area contributed by atoms with E-state index in [-0.39, 0.29) is 12.0 Å². The fraction of sp³-hybridized carbons (Fsp3) is 0.692. The van der Waals surface area contributed by atoms with Crippen molar-refractivity contribution in [1.82, 2.24) is 15.6 Å². The van der Waals surface area contributed by atoms with Gasteiger partial charge in [0, 0.05) is 32.7 Å². The van der Waals surface area contributed by atoms with Crippen LogP contribution in [0.4, 0.5) is 10.9 Å². The molecule has 2 fully saturated rings. The molecule has 0 unspecified atom stereocenters. The molecule has 0 spiro atoms. The largest absolute Gasteiger partial charge is 0.393 e. The summed E-state index contributed by atoms with van der Waals surface area (Å²) in [6, 6.07) is 0. The number of piperazine rings is 1. The molecule has 0 atom stereocenters. The van der Waals surface area contributed by atoms with E-state index in [0.717, 1.165) is 44.2 Å². The number of hydrogen-bond donors (Lipinski definition) is 4. The lowest BCUT2D eigenvalue weighted by atomic mass is 9.82. The summed E-state index contributed by atoms with van der Waals surface area (Å²) >= 11 is 1.35. The number of nitrogens with one attached hydrogen (secondary N) is 2. The van der Waals surface area contributed by atoms with E-state index in [0.29, 0.717) is 23.2 Å². The number of nitrogens with two attached hydrogens (primary N) is 1. The molecule has 1 saturated carbocycles. The number of rotatable bonds is 4. The van der Waals surface area contributed by atoms with Gasteiger partial charge in [-0.25, -0.2) is 4.98 Å². The van der Waals surface area contributed by atoms with Gasteiger partial charge in [-0.2, -0.15) is 0 Å². The van der Waals surface area contributed by atoms with E-state index in [1.165, 1.54) is 11.3 Å². The molecule has 3 rings (SSSR count). The standard InChI is InChI=1S/C13H21N5O2S/c14-11-10(12(20)16-7-8-5-9(19)6-8)21-13(17-11)18-3-1-15-2-4-18/h8-9,15,19H,1-7,14H2,(H,16,20). The maximum atomic E-state index is 12.2. The summed E-state index contributed by atoms with van der Waals surface area (Å²) in [5, 5.41) is 16.2. The van der Waals surface area contributed by atoms with E-state index >= 15 is 0 Å². The van der Waals surface area contributed by atoms with Crippen LogP contribution in [0.2, 0.25) is 0 Å². The van der Waals surface area contributed by atoms with Gasteiger partial charge in [0.1, 0.15) is 10.7 Å². The van der Waals surface area contributed by atoms with Crippen LogP contribution in [0.3, 0.4) is 0 Å². The zero-order valence-corrected chi connectivity index (χ0v) is 12.7. The Bertz CT molecular complexity index is 509. The normalized spacial score (nSPS) is 25.5. The zero-order valence-electron chi connectivity index (χ0n) is 11.8. The average molecular weight is 311 g/mol. The monoisotopic (exact) mass is 311 g/mol. The number of thiazole rings is 1. The summed E-state index contributed by atoms with van der Waals surface area (Å²) in [6.45, 7) is 4.20. The number of amides is 1. The van der Waals surface area contributed by atoms with E-state index < -0.39 is 0 Å². The summed E-state index contributed by atoms with van der Waals surface area (Å²) in [6.07, 6.45) is 1.34. The SMILES string of the molecule is Nc1nc(N2CCNCC2)sc1C(=O)NCC1CC(O)C1. The van der Waals surface area contributed by atoms with Crippen molar-refractivity contribution in [3.63, 3.8) is 0 Å². The smallest absolute Gasteiger partial charge is 0.265 e. The van der Waals surface area contributed by atoms with Gasteiger partial charge >= 0.3 is 0 Å². The van der Waals surface area contributed by atoms with Gasteiger partial charge in [-0.05, 0) is 18.8 Å². The first-order chi connectivity index (χ1) is 10.1. The first-order valence-corrected chi connectivity index (χ1v) is 8.13. The van der Waals surface area contributed by atoms with Crippen molar-refractivity contribution in [2.45, 2.75) is 18.9 Å². The molecule has 1 saturated heterocycles. The number of hydrogen-bond acceptors (Lipinski definition) is 7. The first-order valence-electron chi connectivity index (χ1n) is 7.31. The Labute approximate surface area is 127 Å². The van der Waals surface area contributed by atoms with Crippen LogP contribution >= 0.6 is 11.3 Å². The quantitative estimate of drug-likeness (QED) is 0.605. The van der Waals surface area contributed by atoms with E-state index in [4.69, 9.17) is 5.73 Å². The van der Waals surface area contributed by atoms with Crippen LogP contribution in [-0.4, -0.2) is 54.8 Å². The van der Waals surface area contributed by atoms with Crippen molar-refractivity contribution >= 4 is 28.2 Å². The van der Waals surface area contributed by atoms with Gasteiger partial charge in [-0.1, -0.05) is 11.3 Å². The minimum atomic E-state index is -0.195. The number of aliphatic hydroxyl groups excluding tert-OH is 1. The van der Waals surface area contributed by atoms with Gasteiger partial charge in [-0.15, -0.1) is 0 Å². The number of carbonyl (C=O) groups excluding carboxylic acids is 1. The Balaban J connectivity index is 1.59. The summed E-state index contributed by atoms with van der Waals surface area (Å²) < 4.78 is 0. The molecule has 2 aliphatic rings. The predicted octanol–water partition coefficient (Wildman–Crippen LogP) is -0.364. The van der Waals surface area contributed by atoms with Crippen LogP contribution in [0.15, 0.2) is 0 Å². The third-order valence-electron chi connectivity index (χ3n) is 4.00. The molecule has 2 heterocycles. The Morgan fingerprint density at radius 3 is 2.86 bits per heavy atom. The highest BCUT2D eigenvalue weighted by Crippen LogP contribution is 2.29. The number of nitrogen functional groups attached to an aromatic ring is 1. The minimum Gasteiger partial charge on any atom is -0.393 e. The highest BCUT2D eigenvalue weighted by Gasteiger charge is 2.28. The molecule has 1 aromatic rings. The van der Waals surface area contributed by atoms with Crippen LogP contribution in [0.5, 0.6) is 0 Å². The van der Waals surface area contributed by atoms with Gasteiger partial charge in [0.25, 0.3) is 5.91 Å². The third-order valence-corrected chi connectivity index (χ3v) is 5.13. The zero-order chi connectivity index (χ0) is 14.8. The van der Waals surface area contributed by atoms with Crippen LogP contribution in [-0.2, 0) is 0 Å². The Morgan fingerprint density at radius 2 is 2.19 bits per heavy atom. The maximum absolute atomic E-state index is 12.2. The molecule has 1 aromatic heterocycles. The second-order valence-corrected chi connectivity index (χ2v) is 6.63. The van der Waals surface area contributed by atoms with E-state index in [1.807, 2.05) is 0 Å². The Morgan fingerprint density at radius 1 is 1.48 bits per heavy atom. The predicted molar refractivity (Wildman–Crippen MR) is 82.7 cm³/mol. The molecule has 7 nitrogen and oxygen atoms in total. The molecule has 1 amide bonds. The molecule has 116 valence electrons. The first kappa shape index (κ1) is 14.6. The molecule has 1 aliphatic heterocycles. The molecular weight excluding hydrogens is 290 g/mol. The van der Waals surface area contributed by atoms with Crippen LogP contribution in [0.25, 0.3) is 0 Å². The van der Waals surface area contributed by atoms with E-state index in [2.05, 4.69) is 20.5 Å². The fourth-order valence-electron chi connectivity index (χ4n) is 2.66. The molecule has 1 aliphatic carbocycles. The second kappa shape index (κ2) is 6.17. The van der Waals surface area contributed by atoms with Crippen molar-refractivity contribution in [3.8, 4) is 0 Å². The van der Waals surface area contributed by atoms with Crippen molar-refractivity contribution in [2.24, 2.45) is 5.92 Å². The van der Waals surface area contributed by atoms with Gasteiger partial charge in [-0.3, -0.25) is 4.79 Å². The molecule has 0 bridgehead atoms. The third kappa shape index (κ3) is 3.28. The second-order valence-electron chi connectivity index (χ2n) is 5.65. The number of aromatic nitrogens is 1. The van der Waals surface area contributed by atoms with Crippen LogP contribution in [0.1, 0.15) is 22.5 Å². The average Bonchev–Trinajstić information content (AvgIpc) is 2.85. The molecule has 5 N–H and O–H groups in total. The minimum absolute atomic E-state index is 0.159. The Kier molecular flexibility index (Phi) is 4.27. The Hall–Kier alpha value is -1.38. The van der Waals surface area contributed by atoms with E-state index in [1.54, 1.807) is 0 Å². The van der Waals surface area contributed by atoms with Crippen LogP contribution < -0.4 is 21.3 Å². The lowest BCUT2D eigenvalue weighted by Crippen LogP contribution is -2.43. The summed E-state index contributed by atoms with van der Waals surface area (Å²) in [7, 11) is 0. The van der Waals surface area contributed by atoms with Gasteiger partial charge < -0.3 is 26.4 Å². The van der Waals surface area contributed by atoms with Crippen molar-refractivity contribution in [2.75, 3.05) is 43.4 Å². The van der Waals surface area contributed by atoms with E-state index in [9.17, 15) is 9.90 Å². The van der Waals surface area contributed by atoms with Crippen molar-refractivity contribution in [3.05, 3.63) is 4.88 Å². The highest BCUT2D eigenvalue weighted by atomic mass is 32.1. The topological polar surface area (TPSA) is 104 Å². The fourth-order valence-corrected chi connectivity index (χ4v) is 3.61. The molecule has 0 radical (unpaired) electrons. The molecular formula is C13H21N5O2S. The van der Waals surface area contributed by atoms with Crippen LogP contribution in [0, 0.1) is 5.92 Å². The van der Waals surface area contributed by atoms with Gasteiger partial charge in [0.15, 0.2) is 5.13 Å². The summed E-state index contributed by atoms with van der Waals surface area (Å²) in [4.78, 5) is 19.1. The van der Waals surface area contributed by atoms with Gasteiger partial charge in [0.2, 0.25) is 0 Å². The van der Waals surface area contributed by atoms with Gasteiger partial charge in [0.05, 0.1) is 6.10 Å². The maximum Gasteiger partial charge on any atom is 0.265 e. The number of aliphatic hydroxyl groups is 1. The van der Waals surface area contributed by atoms with Crippen molar-refractivity contribution in [1.29, 1.82) is 0 Å². The number of anilines is 2. The highest BCUT2D eigenvalue weighted by molar-refractivity contribution is 7.18. The molecule has 21 heavy (non-hydrogen) atoms. The lowest BCUT2D eigenvalue weighted by molar-refractivity contribution is 0.0420. The number of nitrogens with zero attached hydrogens (tertiary/aromatic N) is 2. The van der Waals surface area contributed by atoms with Crippen molar-refractivity contribution < 1.29 is 9.90 Å².